The van der Waals surface area contributed by atoms with Crippen molar-refractivity contribution >= 4 is 35.4 Å². The van der Waals surface area contributed by atoms with Gasteiger partial charge in [0, 0.05) is 19.5 Å². The molecule has 3 nitrogen and oxygen atoms in total. The van der Waals surface area contributed by atoms with Gasteiger partial charge in [0.2, 0.25) is 0 Å². The van der Waals surface area contributed by atoms with Crippen LogP contribution in [0.4, 0.5) is 0 Å². The zero-order valence-electron chi connectivity index (χ0n) is 3.22. The third-order valence-corrected chi connectivity index (χ3v) is 0. The van der Waals surface area contributed by atoms with Crippen molar-refractivity contribution in [2.45, 2.75) is 0 Å². The smallest absolute Gasteiger partial charge is 0 e. The molecule has 0 radical (unpaired) electrons. The Balaban J connectivity index is -0.0000000450. The van der Waals surface area contributed by atoms with Crippen LogP contribution in [0.25, 0.3) is 0 Å². The predicted molar refractivity (Wildman–Crippen MR) is 20.8 cm³/mol. The van der Waals surface area contributed by atoms with Crippen molar-refractivity contribution in [2.24, 2.45) is 0 Å². The Hall–Kier alpha value is 1.12. The summed E-state index contributed by atoms with van der Waals surface area (Å²) >= 11 is 0. The van der Waals surface area contributed by atoms with E-state index in [0.717, 1.165) is 0 Å². The van der Waals surface area contributed by atoms with Crippen LogP contribution in [0.3, 0.4) is 0 Å². The summed E-state index contributed by atoms with van der Waals surface area (Å²) in [6.07, 6.45) is 0. The van der Waals surface area contributed by atoms with Gasteiger partial charge >= 0.3 is 35.4 Å². The van der Waals surface area contributed by atoms with E-state index in [1.165, 1.54) is 0 Å². The number of hydrogen-bond acceptors (Lipinski definition) is 1. The first-order chi connectivity index (χ1) is 1.73. The first kappa shape index (κ1) is 15.7. The zero-order valence-corrected chi connectivity index (χ0v) is 12.7. The van der Waals surface area contributed by atoms with E-state index in [1.54, 1.807) is 0 Å². The van der Waals surface area contributed by atoms with Crippen LogP contribution in [-0.4, -0.2) is 45.0 Å². The number of rotatable bonds is 0. The predicted octanol–water partition coefficient (Wildman–Crippen LogP) is -2.80. The molecule has 0 amide bonds. The molecule has 0 aliphatic rings. The van der Waals surface area contributed by atoms with Crippen LogP contribution in [0.5, 0.6) is 0 Å². The Kier molecular flexibility index (Phi) is 24.8. The zero-order chi connectivity index (χ0) is 3.58. The largest absolute Gasteiger partial charge is 0 e. The molecule has 0 saturated carbocycles. The quantitative estimate of drug-likeness (QED) is 0.462. The first-order valence-corrected chi connectivity index (χ1v) is 1.95. The average molecular weight is 355 g/mol. The molecule has 6 heavy (non-hydrogen) atoms. The summed E-state index contributed by atoms with van der Waals surface area (Å²) in [7, 11) is -3.13. The third kappa shape index (κ3) is 69.0. The van der Waals surface area contributed by atoms with Crippen LogP contribution in [0, 0.1) is 0 Å². The summed E-state index contributed by atoms with van der Waals surface area (Å²) in [4.78, 5) is 14.3. The third-order valence-electron chi connectivity index (χ3n) is 0. The van der Waals surface area contributed by atoms with Gasteiger partial charge in [0.05, 0.1) is 0 Å². The maximum Gasteiger partial charge on any atom is 0 e. The average Bonchev–Trinajstić information content (AvgIpc) is 0.811. The summed E-state index contributed by atoms with van der Waals surface area (Å²) in [6, 6.07) is 0. The van der Waals surface area contributed by atoms with E-state index in [4.69, 9.17) is 14.1 Å². The van der Waals surface area contributed by atoms with Gasteiger partial charge in [-0.25, -0.2) is 0 Å². The minimum atomic E-state index is -3.13. The molecule has 2 N–H and O–H groups in total. The van der Waals surface area contributed by atoms with Crippen molar-refractivity contribution in [1.29, 1.82) is 0 Å². The monoisotopic (exact) mass is 354 g/mol. The molecule has 0 aliphatic heterocycles. The van der Waals surface area contributed by atoms with Crippen molar-refractivity contribution in [3.8, 4) is 0 Å². The summed E-state index contributed by atoms with van der Waals surface area (Å²) in [5.74, 6) is 0. The van der Waals surface area contributed by atoms with Crippen LogP contribution >= 0.6 is 0 Å². The van der Waals surface area contributed by atoms with E-state index >= 15 is 0 Å². The molecule has 0 spiro atoms. The van der Waals surface area contributed by atoms with Crippen LogP contribution in [0.2, 0.25) is 0 Å². The van der Waals surface area contributed by atoms with Crippen molar-refractivity contribution in [2.75, 3.05) is 0 Å². The molecule has 0 atom stereocenters. The fourth-order valence-electron chi connectivity index (χ4n) is 0. The van der Waals surface area contributed by atoms with Crippen molar-refractivity contribution < 1.29 is 33.5 Å². The van der Waals surface area contributed by atoms with Crippen molar-refractivity contribution in [1.82, 2.24) is 0 Å². The molecular weight excluding hydrogens is 350 g/mol. The van der Waals surface area contributed by atoms with Gasteiger partial charge in [0.1, 0.15) is 0 Å². The standard InChI is InChI=1S/Bi.H2O3Si.Zn.3H/c;1-4(2)3;;;;/h;1-2H;;;;. The van der Waals surface area contributed by atoms with E-state index in [9.17, 15) is 0 Å². The minimum absolute atomic E-state index is 0. The fourth-order valence-corrected chi connectivity index (χ4v) is 0. The van der Waals surface area contributed by atoms with Gasteiger partial charge in [-0.05, 0) is 0 Å². The van der Waals surface area contributed by atoms with E-state index in [-0.39, 0.29) is 45.7 Å². The maximum atomic E-state index is 8.74. The van der Waals surface area contributed by atoms with Crippen LogP contribution in [0.1, 0.15) is 0 Å². The van der Waals surface area contributed by atoms with E-state index in [1.807, 2.05) is 0 Å². The second kappa shape index (κ2) is 9.45. The van der Waals surface area contributed by atoms with E-state index in [0.29, 0.717) is 0 Å². The maximum absolute atomic E-state index is 8.74. The molecule has 0 fully saturated rings. The molecule has 0 aliphatic carbocycles. The first-order valence-electron chi connectivity index (χ1n) is 0.651. The van der Waals surface area contributed by atoms with Crippen LogP contribution < -0.4 is 0 Å². The Bertz CT molecular complexity index is 33.8. The van der Waals surface area contributed by atoms with Crippen molar-refractivity contribution in [3.63, 3.8) is 0 Å². The van der Waals surface area contributed by atoms with Gasteiger partial charge in [-0.1, -0.05) is 0 Å². The van der Waals surface area contributed by atoms with Gasteiger partial charge in [-0.15, -0.1) is 0 Å². The normalized spacial score (nSPS) is 4.00. The molecule has 0 rings (SSSR count). The second-order valence-electron chi connectivity index (χ2n) is 0.283. The summed E-state index contributed by atoms with van der Waals surface area (Å²) in [5.41, 5.74) is 0. The molecule has 0 saturated heterocycles. The molecule has 0 aromatic rings. The molecule has 0 heterocycles. The van der Waals surface area contributed by atoms with Crippen LogP contribution in [-0.2, 0) is 23.9 Å². The fraction of sp³-hybridized carbons (Fsp3) is 0. The van der Waals surface area contributed by atoms with Gasteiger partial charge in [0.25, 0.3) is 0 Å². The van der Waals surface area contributed by atoms with Crippen molar-refractivity contribution in [3.05, 3.63) is 0 Å². The van der Waals surface area contributed by atoms with Gasteiger partial charge in [-0.3, -0.25) is 4.46 Å². The van der Waals surface area contributed by atoms with E-state index in [2.05, 4.69) is 0 Å². The molecule has 0 aromatic carbocycles. The van der Waals surface area contributed by atoms with Gasteiger partial charge in [-0.2, -0.15) is 0 Å². The van der Waals surface area contributed by atoms with Crippen LogP contribution in [0.15, 0.2) is 0 Å². The summed E-state index contributed by atoms with van der Waals surface area (Å²) in [5, 5.41) is 0. The Morgan fingerprint density at radius 1 is 1.33 bits per heavy atom. The SMILES string of the molecule is O=[Si](O)O.[BiH3].[Zn]. The van der Waals surface area contributed by atoms with E-state index < -0.39 is 9.17 Å². The Labute approximate surface area is 68.5 Å². The van der Waals surface area contributed by atoms with Gasteiger partial charge in [0.15, 0.2) is 0 Å². The Morgan fingerprint density at radius 2 is 1.33 bits per heavy atom. The number of hydrogen-bond donors (Lipinski definition) is 2. The molecule has 6 heteroatoms. The molecule has 0 aromatic heterocycles. The molecule has 0 bridgehead atoms. The second-order valence-corrected chi connectivity index (χ2v) is 0.848. The molecule has 0 unspecified atom stereocenters. The summed E-state index contributed by atoms with van der Waals surface area (Å²) in [6.45, 7) is 0. The summed E-state index contributed by atoms with van der Waals surface area (Å²) < 4.78 is 8.74. The van der Waals surface area contributed by atoms with Gasteiger partial charge < -0.3 is 9.59 Å². The Morgan fingerprint density at radius 3 is 1.33 bits per heavy atom. The minimum Gasteiger partial charge on any atom is 0 e. The molecular formula is H5BiO3SiZn. The topological polar surface area (TPSA) is 57.5 Å². The molecule has 34 valence electrons.